The van der Waals surface area contributed by atoms with E-state index in [2.05, 4.69) is 5.32 Å². The molecule has 0 aromatic heterocycles. The van der Waals surface area contributed by atoms with E-state index in [0.717, 1.165) is 11.1 Å². The Kier molecular flexibility index (Phi) is 10.3. The van der Waals surface area contributed by atoms with E-state index in [-0.39, 0.29) is 24.1 Å². The van der Waals surface area contributed by atoms with Gasteiger partial charge in [-0.15, -0.1) is 11.8 Å². The number of hydrogen-bond donors (Lipinski definition) is 1. The predicted molar refractivity (Wildman–Crippen MR) is 127 cm³/mol. The molecular weight excluding hydrogens is 463 g/mol. The molecule has 2 aromatic rings. The fraction of sp³-hybridized carbons (Fsp3) is 0.364. The number of halogens is 3. The van der Waals surface area contributed by atoms with Gasteiger partial charge in [-0.2, -0.15) is 0 Å². The van der Waals surface area contributed by atoms with Crippen LogP contribution in [-0.4, -0.2) is 35.1 Å². The third kappa shape index (κ3) is 7.09. The highest BCUT2D eigenvalue weighted by Crippen LogP contribution is 2.25. The molecule has 1 unspecified atom stereocenters. The molecule has 0 aliphatic carbocycles. The van der Waals surface area contributed by atoms with Crippen molar-refractivity contribution in [2.45, 2.75) is 38.6 Å². The van der Waals surface area contributed by atoms with Gasteiger partial charge in [0.05, 0.1) is 15.8 Å². The van der Waals surface area contributed by atoms with Crippen LogP contribution in [0.3, 0.4) is 0 Å². The van der Waals surface area contributed by atoms with E-state index in [9.17, 15) is 9.59 Å². The van der Waals surface area contributed by atoms with Gasteiger partial charge in [0.2, 0.25) is 11.8 Å². The van der Waals surface area contributed by atoms with Gasteiger partial charge in [-0.25, -0.2) is 0 Å². The van der Waals surface area contributed by atoms with Crippen LogP contribution in [0.25, 0.3) is 0 Å². The molecule has 0 bridgehead atoms. The second-order valence-electron chi connectivity index (χ2n) is 6.67. The van der Waals surface area contributed by atoms with Crippen LogP contribution in [0.1, 0.15) is 31.4 Å². The number of hydrogen-bond acceptors (Lipinski definition) is 3. The first-order valence-electron chi connectivity index (χ1n) is 9.69. The molecule has 2 aromatic carbocycles. The number of carbonyl (C=O) groups is 2. The Bertz CT molecular complexity index is 879. The first-order chi connectivity index (χ1) is 14.4. The number of nitrogens with zero attached hydrogens (tertiary/aromatic N) is 1. The Hall–Kier alpha value is -1.40. The summed E-state index contributed by atoms with van der Waals surface area (Å²) in [4.78, 5) is 27.3. The van der Waals surface area contributed by atoms with Gasteiger partial charge < -0.3 is 10.2 Å². The molecular formula is C22H25Cl3N2O2S. The number of thioether (sulfide) groups is 1. The lowest BCUT2D eigenvalue weighted by Gasteiger charge is -2.30. The second kappa shape index (κ2) is 12.5. The van der Waals surface area contributed by atoms with Gasteiger partial charge in [0.1, 0.15) is 6.04 Å². The minimum atomic E-state index is -0.562. The first kappa shape index (κ1) is 24.9. The van der Waals surface area contributed by atoms with Gasteiger partial charge in [0.25, 0.3) is 0 Å². The third-order valence-corrected chi connectivity index (χ3v) is 6.59. The summed E-state index contributed by atoms with van der Waals surface area (Å²) in [5.74, 6) is 0.577. The van der Waals surface area contributed by atoms with Gasteiger partial charge in [-0.1, -0.05) is 66.0 Å². The summed E-state index contributed by atoms with van der Waals surface area (Å²) in [6.07, 6.45) is 0.508. The summed E-state index contributed by atoms with van der Waals surface area (Å²) in [7, 11) is 0. The average Bonchev–Trinajstić information content (AvgIpc) is 2.72. The summed E-state index contributed by atoms with van der Waals surface area (Å²) in [6, 6.07) is 12.2. The molecule has 0 aliphatic heterocycles. The first-order valence-corrected chi connectivity index (χ1v) is 12.0. The molecule has 2 amide bonds. The van der Waals surface area contributed by atoms with Gasteiger partial charge >= 0.3 is 0 Å². The molecule has 0 spiro atoms. The number of carbonyl (C=O) groups excluding carboxylic acids is 2. The molecule has 0 radical (unpaired) electrons. The normalized spacial score (nSPS) is 11.8. The molecule has 2 rings (SSSR count). The maximum Gasteiger partial charge on any atom is 0.242 e. The van der Waals surface area contributed by atoms with Crippen molar-refractivity contribution in [2.24, 2.45) is 0 Å². The van der Waals surface area contributed by atoms with E-state index in [1.165, 1.54) is 11.8 Å². The fourth-order valence-corrected chi connectivity index (χ4v) is 4.51. The van der Waals surface area contributed by atoms with E-state index in [1.807, 2.05) is 44.2 Å². The van der Waals surface area contributed by atoms with Gasteiger partial charge in [0, 0.05) is 23.9 Å². The summed E-state index contributed by atoms with van der Waals surface area (Å²) in [6.45, 7) is 4.53. The van der Waals surface area contributed by atoms with Crippen molar-refractivity contribution in [3.8, 4) is 0 Å². The molecule has 162 valence electrons. The van der Waals surface area contributed by atoms with Crippen LogP contribution in [0, 0.1) is 0 Å². The lowest BCUT2D eigenvalue weighted by Crippen LogP contribution is -2.49. The molecule has 0 fully saturated rings. The summed E-state index contributed by atoms with van der Waals surface area (Å²) in [5.41, 5.74) is 1.79. The molecule has 0 saturated heterocycles. The van der Waals surface area contributed by atoms with Crippen molar-refractivity contribution in [3.05, 3.63) is 68.7 Å². The highest BCUT2D eigenvalue weighted by molar-refractivity contribution is 7.99. The van der Waals surface area contributed by atoms with E-state index in [0.29, 0.717) is 33.8 Å². The van der Waals surface area contributed by atoms with Crippen LogP contribution in [0.15, 0.2) is 42.5 Å². The van der Waals surface area contributed by atoms with Crippen molar-refractivity contribution in [1.29, 1.82) is 0 Å². The standard InChI is InChI=1S/C22H25Cl3N2O2S/c1-3-20(22(29)26-4-2)27(12-15-9-10-18(24)19(25)11-15)21(28)14-30-13-16-7-5-6-8-17(16)23/h5-11,20H,3-4,12-14H2,1-2H3,(H,26,29). The fourth-order valence-electron chi connectivity index (χ4n) is 2.99. The van der Waals surface area contributed by atoms with Crippen LogP contribution >= 0.6 is 46.6 Å². The van der Waals surface area contributed by atoms with Crippen molar-refractivity contribution in [3.63, 3.8) is 0 Å². The summed E-state index contributed by atoms with van der Waals surface area (Å²) in [5, 5.41) is 4.37. The van der Waals surface area contributed by atoms with Crippen LogP contribution < -0.4 is 5.32 Å². The van der Waals surface area contributed by atoms with Crippen molar-refractivity contribution in [2.75, 3.05) is 12.3 Å². The predicted octanol–water partition coefficient (Wildman–Crippen LogP) is 5.82. The van der Waals surface area contributed by atoms with Gasteiger partial charge in [-0.05, 0) is 42.7 Å². The minimum Gasteiger partial charge on any atom is -0.355 e. The summed E-state index contributed by atoms with van der Waals surface area (Å²) >= 11 is 19.8. The lowest BCUT2D eigenvalue weighted by molar-refractivity contribution is -0.139. The Labute approximate surface area is 197 Å². The molecule has 30 heavy (non-hydrogen) atoms. The molecule has 1 N–H and O–H groups in total. The molecule has 1 atom stereocenters. The zero-order valence-corrected chi connectivity index (χ0v) is 20.0. The SMILES string of the molecule is CCNC(=O)C(CC)N(Cc1ccc(Cl)c(Cl)c1)C(=O)CSCc1ccccc1Cl. The maximum absolute atomic E-state index is 13.1. The number of rotatable bonds is 10. The quantitative estimate of drug-likeness (QED) is 0.459. The number of benzene rings is 2. The molecule has 0 heterocycles. The Morgan fingerprint density at radius 3 is 2.40 bits per heavy atom. The Balaban J connectivity index is 2.15. The molecule has 4 nitrogen and oxygen atoms in total. The van der Waals surface area contributed by atoms with E-state index >= 15 is 0 Å². The highest BCUT2D eigenvalue weighted by Gasteiger charge is 2.28. The van der Waals surface area contributed by atoms with E-state index < -0.39 is 6.04 Å². The van der Waals surface area contributed by atoms with Crippen LogP contribution in [0.5, 0.6) is 0 Å². The third-order valence-electron chi connectivity index (χ3n) is 4.51. The smallest absolute Gasteiger partial charge is 0.242 e. The topological polar surface area (TPSA) is 49.4 Å². The monoisotopic (exact) mass is 486 g/mol. The zero-order chi connectivity index (χ0) is 22.1. The minimum absolute atomic E-state index is 0.115. The van der Waals surface area contributed by atoms with Gasteiger partial charge in [-0.3, -0.25) is 9.59 Å². The number of amides is 2. The lowest BCUT2D eigenvalue weighted by atomic mass is 10.1. The van der Waals surface area contributed by atoms with Crippen molar-refractivity contribution < 1.29 is 9.59 Å². The average molecular weight is 488 g/mol. The van der Waals surface area contributed by atoms with Crippen LogP contribution in [-0.2, 0) is 21.9 Å². The highest BCUT2D eigenvalue weighted by atomic mass is 35.5. The molecule has 0 saturated carbocycles. The van der Waals surface area contributed by atoms with E-state index in [1.54, 1.807) is 17.0 Å². The Morgan fingerprint density at radius 2 is 1.77 bits per heavy atom. The van der Waals surface area contributed by atoms with Crippen LogP contribution in [0.2, 0.25) is 15.1 Å². The van der Waals surface area contributed by atoms with E-state index in [4.69, 9.17) is 34.8 Å². The maximum atomic E-state index is 13.1. The molecule has 8 heteroatoms. The largest absolute Gasteiger partial charge is 0.355 e. The van der Waals surface area contributed by atoms with Crippen LogP contribution in [0.4, 0.5) is 0 Å². The zero-order valence-electron chi connectivity index (χ0n) is 17.0. The van der Waals surface area contributed by atoms with Gasteiger partial charge in [0.15, 0.2) is 0 Å². The van der Waals surface area contributed by atoms with Crippen molar-refractivity contribution in [1.82, 2.24) is 10.2 Å². The summed E-state index contributed by atoms with van der Waals surface area (Å²) < 4.78 is 0. The second-order valence-corrected chi connectivity index (χ2v) is 8.88. The number of likely N-dealkylation sites (N-methyl/N-ethyl adjacent to an activating group) is 1. The number of nitrogens with one attached hydrogen (secondary N) is 1. The Morgan fingerprint density at radius 1 is 1.03 bits per heavy atom. The van der Waals surface area contributed by atoms with Crippen molar-refractivity contribution >= 4 is 58.4 Å². The molecule has 0 aliphatic rings.